The quantitative estimate of drug-likeness (QED) is 0.406. The van der Waals surface area contributed by atoms with E-state index in [2.05, 4.69) is 58.0 Å². The van der Waals surface area contributed by atoms with Crippen molar-refractivity contribution in [3.63, 3.8) is 0 Å². The Hall–Kier alpha value is -2.78. The number of H-pyrrole nitrogens is 1. The molecule has 0 saturated heterocycles. The number of fused-ring (bicyclic) bond motifs is 1. The van der Waals surface area contributed by atoms with Crippen LogP contribution >= 0.6 is 22.9 Å². The molecule has 0 radical (unpaired) electrons. The van der Waals surface area contributed by atoms with Crippen LogP contribution in [0.1, 0.15) is 15.2 Å². The van der Waals surface area contributed by atoms with Gasteiger partial charge in [0.2, 0.25) is 0 Å². The van der Waals surface area contributed by atoms with E-state index >= 15 is 0 Å². The molecule has 0 aliphatic rings. The average Bonchev–Trinajstić information content (AvgIpc) is 3.36. The minimum atomic E-state index is -0.525. The van der Waals surface area contributed by atoms with E-state index in [-0.39, 0.29) is 0 Å². The first kappa shape index (κ1) is 22.4. The summed E-state index contributed by atoms with van der Waals surface area (Å²) in [6.45, 7) is 2.84. The molecule has 32 heavy (non-hydrogen) atoms. The number of rotatable bonds is 8. The Morgan fingerprint density at radius 3 is 2.66 bits per heavy atom. The number of thiazole rings is 1. The standard InChI is InChI=1S/C23H25ClN6OS/c1-29(2)9-10-30(3)13-14-7-8-17-18(11-14)27-22(26-17)23-28-19(20(32-23)21(25)31)15-5-4-6-16(24)12-15/h4-8,11-12H,9-10,13H2,1-3H3,(H2,25,31)(H,26,27). The van der Waals surface area contributed by atoms with E-state index in [1.165, 1.54) is 16.9 Å². The zero-order chi connectivity index (χ0) is 22.8. The van der Waals surface area contributed by atoms with E-state index in [0.29, 0.717) is 26.4 Å². The van der Waals surface area contributed by atoms with Crippen LogP contribution in [0, 0.1) is 0 Å². The lowest BCUT2D eigenvalue weighted by Crippen LogP contribution is -2.28. The van der Waals surface area contributed by atoms with E-state index in [4.69, 9.17) is 17.3 Å². The van der Waals surface area contributed by atoms with Crippen molar-refractivity contribution in [2.45, 2.75) is 6.54 Å². The molecular formula is C23H25ClN6OS. The smallest absolute Gasteiger partial charge is 0.261 e. The number of hydrogen-bond donors (Lipinski definition) is 2. The maximum absolute atomic E-state index is 12.1. The summed E-state index contributed by atoms with van der Waals surface area (Å²) in [7, 11) is 6.27. The third-order valence-corrected chi connectivity index (χ3v) is 6.39. The number of likely N-dealkylation sites (N-methyl/N-ethyl adjacent to an activating group) is 2. The van der Waals surface area contributed by atoms with E-state index in [0.717, 1.165) is 36.2 Å². The number of imidazole rings is 1. The van der Waals surface area contributed by atoms with Crippen molar-refractivity contribution in [2.75, 3.05) is 34.2 Å². The average molecular weight is 469 g/mol. The van der Waals surface area contributed by atoms with Crippen LogP contribution in [0.5, 0.6) is 0 Å². The summed E-state index contributed by atoms with van der Waals surface area (Å²) in [5, 5.41) is 1.17. The Kier molecular flexibility index (Phi) is 6.57. The van der Waals surface area contributed by atoms with Crippen molar-refractivity contribution in [1.29, 1.82) is 0 Å². The molecule has 2 heterocycles. The van der Waals surface area contributed by atoms with Crippen molar-refractivity contribution in [3.8, 4) is 22.1 Å². The van der Waals surface area contributed by atoms with Crippen molar-refractivity contribution < 1.29 is 4.79 Å². The molecular weight excluding hydrogens is 444 g/mol. The molecule has 9 heteroatoms. The zero-order valence-corrected chi connectivity index (χ0v) is 19.8. The third kappa shape index (κ3) is 4.99. The van der Waals surface area contributed by atoms with Crippen molar-refractivity contribution in [3.05, 3.63) is 57.9 Å². The molecule has 0 aliphatic carbocycles. The second-order valence-electron chi connectivity index (χ2n) is 8.05. The minimum absolute atomic E-state index is 0.380. The lowest BCUT2D eigenvalue weighted by atomic mass is 10.1. The fourth-order valence-corrected chi connectivity index (χ4v) is 4.51. The number of nitrogens with one attached hydrogen (secondary N) is 1. The summed E-state index contributed by atoms with van der Waals surface area (Å²) >= 11 is 7.35. The number of benzene rings is 2. The lowest BCUT2D eigenvalue weighted by Gasteiger charge is -2.19. The summed E-state index contributed by atoms with van der Waals surface area (Å²) in [6, 6.07) is 13.4. The van der Waals surface area contributed by atoms with E-state index in [1.54, 1.807) is 12.1 Å². The van der Waals surface area contributed by atoms with Gasteiger partial charge in [-0.2, -0.15) is 0 Å². The number of nitrogens with two attached hydrogens (primary N) is 1. The molecule has 0 spiro atoms. The summed E-state index contributed by atoms with van der Waals surface area (Å²) in [5.74, 6) is 0.0850. The number of primary amides is 1. The first-order chi connectivity index (χ1) is 15.3. The second-order valence-corrected chi connectivity index (χ2v) is 9.48. The van der Waals surface area contributed by atoms with Gasteiger partial charge in [-0.25, -0.2) is 9.97 Å². The number of nitrogens with zero attached hydrogens (tertiary/aromatic N) is 4. The van der Waals surface area contributed by atoms with Crippen LogP contribution in [0.3, 0.4) is 0 Å². The molecule has 7 nitrogen and oxygen atoms in total. The highest BCUT2D eigenvalue weighted by atomic mass is 35.5. The molecule has 3 N–H and O–H groups in total. The summed E-state index contributed by atoms with van der Waals surface area (Å²) in [6.07, 6.45) is 0. The van der Waals surface area contributed by atoms with Crippen LogP contribution in [-0.4, -0.2) is 64.9 Å². The van der Waals surface area contributed by atoms with Gasteiger partial charge in [0.1, 0.15) is 4.88 Å². The molecule has 166 valence electrons. The maximum Gasteiger partial charge on any atom is 0.261 e. The molecule has 0 unspecified atom stereocenters. The largest absolute Gasteiger partial charge is 0.365 e. The number of carbonyl (C=O) groups is 1. The molecule has 0 saturated carbocycles. The van der Waals surface area contributed by atoms with Gasteiger partial charge in [-0.15, -0.1) is 11.3 Å². The van der Waals surface area contributed by atoms with Gasteiger partial charge in [0, 0.05) is 30.2 Å². The predicted molar refractivity (Wildman–Crippen MR) is 131 cm³/mol. The van der Waals surface area contributed by atoms with Gasteiger partial charge in [0.05, 0.1) is 16.7 Å². The lowest BCUT2D eigenvalue weighted by molar-refractivity contribution is 0.100. The van der Waals surface area contributed by atoms with E-state index in [9.17, 15) is 4.79 Å². The highest BCUT2D eigenvalue weighted by Gasteiger charge is 2.20. The van der Waals surface area contributed by atoms with Gasteiger partial charge >= 0.3 is 0 Å². The Balaban J connectivity index is 1.64. The maximum atomic E-state index is 12.1. The molecule has 0 fully saturated rings. The topological polar surface area (TPSA) is 91.1 Å². The summed E-state index contributed by atoms with van der Waals surface area (Å²) in [5.41, 5.74) is 9.86. The number of amides is 1. The van der Waals surface area contributed by atoms with Gasteiger partial charge in [-0.05, 0) is 51.0 Å². The fraction of sp³-hybridized carbons (Fsp3) is 0.261. The highest BCUT2D eigenvalue weighted by Crippen LogP contribution is 2.34. The Bertz CT molecular complexity index is 1260. The number of carbonyl (C=O) groups excluding carboxylic acids is 1. The van der Waals surface area contributed by atoms with Gasteiger partial charge in [-0.3, -0.25) is 4.79 Å². The van der Waals surface area contributed by atoms with E-state index in [1.807, 2.05) is 18.2 Å². The summed E-state index contributed by atoms with van der Waals surface area (Å²) < 4.78 is 0. The molecule has 2 aromatic heterocycles. The van der Waals surface area contributed by atoms with Crippen molar-refractivity contribution in [1.82, 2.24) is 24.8 Å². The van der Waals surface area contributed by atoms with Crippen LogP contribution in [0.4, 0.5) is 0 Å². The van der Waals surface area contributed by atoms with Crippen LogP contribution in [0.15, 0.2) is 42.5 Å². The zero-order valence-electron chi connectivity index (χ0n) is 18.2. The summed E-state index contributed by atoms with van der Waals surface area (Å²) in [4.78, 5) is 29.6. The van der Waals surface area contributed by atoms with E-state index < -0.39 is 5.91 Å². The Labute approximate surface area is 195 Å². The molecule has 2 aromatic carbocycles. The molecule has 0 atom stereocenters. The third-order valence-electron chi connectivity index (χ3n) is 5.08. The Morgan fingerprint density at radius 1 is 1.12 bits per heavy atom. The predicted octanol–water partition coefficient (Wildman–Crippen LogP) is 4.10. The minimum Gasteiger partial charge on any atom is -0.365 e. The van der Waals surface area contributed by atoms with Crippen LogP contribution in [0.2, 0.25) is 5.02 Å². The molecule has 0 bridgehead atoms. The van der Waals surface area contributed by atoms with Crippen LogP contribution in [-0.2, 0) is 6.54 Å². The van der Waals surface area contributed by atoms with Gasteiger partial charge in [-0.1, -0.05) is 29.8 Å². The molecule has 0 aliphatic heterocycles. The second kappa shape index (κ2) is 9.38. The number of aromatic amines is 1. The number of hydrogen-bond acceptors (Lipinski definition) is 6. The van der Waals surface area contributed by atoms with Gasteiger partial charge in [0.15, 0.2) is 10.8 Å². The van der Waals surface area contributed by atoms with Crippen molar-refractivity contribution >= 4 is 39.9 Å². The monoisotopic (exact) mass is 468 g/mol. The van der Waals surface area contributed by atoms with Crippen LogP contribution < -0.4 is 5.73 Å². The molecule has 4 aromatic rings. The van der Waals surface area contributed by atoms with Crippen molar-refractivity contribution in [2.24, 2.45) is 5.73 Å². The highest BCUT2D eigenvalue weighted by molar-refractivity contribution is 7.17. The Morgan fingerprint density at radius 2 is 1.94 bits per heavy atom. The molecule has 1 amide bonds. The first-order valence-corrected chi connectivity index (χ1v) is 11.4. The number of halogens is 1. The van der Waals surface area contributed by atoms with Gasteiger partial charge in [0.25, 0.3) is 5.91 Å². The van der Waals surface area contributed by atoms with Gasteiger partial charge < -0.3 is 20.5 Å². The van der Waals surface area contributed by atoms with Crippen LogP contribution in [0.25, 0.3) is 33.1 Å². The first-order valence-electron chi connectivity index (χ1n) is 10.2. The fourth-order valence-electron chi connectivity index (χ4n) is 3.44. The SMILES string of the molecule is CN(C)CCN(C)Cc1ccc2nc(-c3nc(-c4cccc(Cl)c4)c(C(N)=O)s3)[nH]c2c1. The molecule has 4 rings (SSSR count). The normalized spacial score (nSPS) is 11.7. The number of aromatic nitrogens is 3.